The Labute approximate surface area is 175 Å². The minimum atomic E-state index is -0.155. The smallest absolute Gasteiger partial charge is 0.266 e. The van der Waals surface area contributed by atoms with Gasteiger partial charge in [-0.2, -0.15) is 0 Å². The Kier molecular flexibility index (Phi) is 6.10. The van der Waals surface area contributed by atoms with Crippen LogP contribution in [0.2, 0.25) is 0 Å². The van der Waals surface area contributed by atoms with Gasteiger partial charge in [0.15, 0.2) is 0 Å². The van der Waals surface area contributed by atoms with Crippen molar-refractivity contribution in [1.29, 1.82) is 0 Å². The lowest BCUT2D eigenvalue weighted by Crippen LogP contribution is -2.27. The van der Waals surface area contributed by atoms with Crippen molar-refractivity contribution in [3.8, 4) is 0 Å². The van der Waals surface area contributed by atoms with E-state index in [0.29, 0.717) is 27.0 Å². The molecule has 1 N–H and O–H groups in total. The molecule has 3 rings (SSSR count). The molecule has 2 aromatic rings. The fourth-order valence-electron chi connectivity index (χ4n) is 2.39. The summed E-state index contributed by atoms with van der Waals surface area (Å²) in [6, 6.07) is 14.7. The molecule has 1 aliphatic rings. The third kappa shape index (κ3) is 4.33. The van der Waals surface area contributed by atoms with Gasteiger partial charge in [-0.05, 0) is 77.6 Å². The second kappa shape index (κ2) is 8.32. The van der Waals surface area contributed by atoms with E-state index in [0.717, 1.165) is 9.13 Å². The van der Waals surface area contributed by atoms with Crippen LogP contribution in [0, 0.1) is 3.57 Å². The predicted molar refractivity (Wildman–Crippen MR) is 119 cm³/mol. The highest BCUT2D eigenvalue weighted by atomic mass is 127. The SMILES string of the molecule is CCN1C(=O)C(=Cc2ccc(NC(=O)c3ccc(I)cc3)cc2)SC1=S. The lowest BCUT2D eigenvalue weighted by molar-refractivity contribution is -0.121. The predicted octanol–water partition coefficient (Wildman–Crippen LogP) is 4.76. The lowest BCUT2D eigenvalue weighted by Gasteiger charge is -2.09. The number of hydrogen-bond donors (Lipinski definition) is 1. The van der Waals surface area contributed by atoms with Crippen LogP contribution in [0.1, 0.15) is 22.8 Å². The summed E-state index contributed by atoms with van der Waals surface area (Å²) in [6.07, 6.45) is 1.82. The number of anilines is 1. The molecule has 0 unspecified atom stereocenters. The van der Waals surface area contributed by atoms with Crippen LogP contribution in [0.3, 0.4) is 0 Å². The van der Waals surface area contributed by atoms with Crippen LogP contribution in [0.5, 0.6) is 0 Å². The van der Waals surface area contributed by atoms with Gasteiger partial charge in [0, 0.05) is 21.4 Å². The number of hydrogen-bond acceptors (Lipinski definition) is 4. The number of amides is 2. The molecule has 2 amide bonds. The Bertz CT molecular complexity index is 893. The summed E-state index contributed by atoms with van der Waals surface area (Å²) in [5.41, 5.74) is 2.19. The number of carbonyl (C=O) groups is 2. The Balaban J connectivity index is 1.70. The van der Waals surface area contributed by atoms with Crippen molar-refractivity contribution in [3.63, 3.8) is 0 Å². The fraction of sp³-hybridized carbons (Fsp3) is 0.105. The lowest BCUT2D eigenvalue weighted by atomic mass is 10.1. The first-order valence-electron chi connectivity index (χ1n) is 7.90. The molecule has 1 heterocycles. The maximum atomic E-state index is 12.2. The first kappa shape index (κ1) is 19.1. The van der Waals surface area contributed by atoms with Gasteiger partial charge < -0.3 is 5.32 Å². The molecule has 4 nitrogen and oxygen atoms in total. The van der Waals surface area contributed by atoms with Gasteiger partial charge in [-0.15, -0.1) is 0 Å². The van der Waals surface area contributed by atoms with E-state index >= 15 is 0 Å². The summed E-state index contributed by atoms with van der Waals surface area (Å²) < 4.78 is 1.67. The zero-order chi connectivity index (χ0) is 18.7. The van der Waals surface area contributed by atoms with E-state index in [-0.39, 0.29) is 11.8 Å². The molecular weight excluding hydrogens is 479 g/mol. The second-order valence-electron chi connectivity index (χ2n) is 5.51. The summed E-state index contributed by atoms with van der Waals surface area (Å²) in [7, 11) is 0. The number of likely N-dealkylation sites (N-methyl/N-ethyl adjacent to an activating group) is 1. The van der Waals surface area contributed by atoms with E-state index < -0.39 is 0 Å². The van der Waals surface area contributed by atoms with Gasteiger partial charge in [0.05, 0.1) is 4.91 Å². The van der Waals surface area contributed by atoms with Crippen LogP contribution < -0.4 is 5.32 Å². The molecule has 0 aliphatic carbocycles. The molecule has 132 valence electrons. The fourth-order valence-corrected chi connectivity index (χ4v) is 4.14. The summed E-state index contributed by atoms with van der Waals surface area (Å²) in [5, 5.41) is 2.87. The van der Waals surface area contributed by atoms with Crippen LogP contribution >= 0.6 is 46.6 Å². The van der Waals surface area contributed by atoms with Crippen LogP contribution in [0.15, 0.2) is 53.4 Å². The van der Waals surface area contributed by atoms with E-state index in [1.54, 1.807) is 17.0 Å². The van der Waals surface area contributed by atoms with Gasteiger partial charge in [0.25, 0.3) is 11.8 Å². The van der Waals surface area contributed by atoms with Gasteiger partial charge in [0.2, 0.25) is 0 Å². The maximum Gasteiger partial charge on any atom is 0.266 e. The molecule has 0 aromatic heterocycles. The van der Waals surface area contributed by atoms with E-state index in [1.807, 2.05) is 49.4 Å². The van der Waals surface area contributed by atoms with E-state index in [4.69, 9.17) is 12.2 Å². The van der Waals surface area contributed by atoms with Crippen LogP contribution in [0.25, 0.3) is 6.08 Å². The van der Waals surface area contributed by atoms with E-state index in [1.165, 1.54) is 11.8 Å². The largest absolute Gasteiger partial charge is 0.322 e. The monoisotopic (exact) mass is 494 g/mol. The molecule has 0 bridgehead atoms. The van der Waals surface area contributed by atoms with Gasteiger partial charge in [-0.1, -0.05) is 36.1 Å². The highest BCUT2D eigenvalue weighted by molar-refractivity contribution is 14.1. The number of thiocarbonyl (C=S) groups is 1. The third-order valence-corrected chi connectivity index (χ3v) is 5.86. The van der Waals surface area contributed by atoms with E-state index in [2.05, 4.69) is 27.9 Å². The van der Waals surface area contributed by atoms with Crippen molar-refractivity contribution in [2.45, 2.75) is 6.92 Å². The number of nitrogens with one attached hydrogen (secondary N) is 1. The molecule has 7 heteroatoms. The number of benzene rings is 2. The molecule has 0 atom stereocenters. The summed E-state index contributed by atoms with van der Waals surface area (Å²) in [5.74, 6) is -0.212. The number of carbonyl (C=O) groups excluding carboxylic acids is 2. The van der Waals surface area contributed by atoms with Gasteiger partial charge in [-0.3, -0.25) is 14.5 Å². The molecule has 0 saturated carbocycles. The van der Waals surface area contributed by atoms with Crippen molar-refractivity contribution in [3.05, 3.63) is 68.1 Å². The Hall–Kier alpha value is -1.71. The summed E-state index contributed by atoms with van der Waals surface area (Å²) in [4.78, 5) is 26.7. The molecule has 1 saturated heterocycles. The van der Waals surface area contributed by atoms with Crippen molar-refractivity contribution < 1.29 is 9.59 Å². The average Bonchev–Trinajstić information content (AvgIpc) is 2.90. The van der Waals surface area contributed by atoms with Crippen LogP contribution in [-0.2, 0) is 4.79 Å². The van der Waals surface area contributed by atoms with Crippen LogP contribution in [0.4, 0.5) is 5.69 Å². The van der Waals surface area contributed by atoms with Crippen molar-refractivity contribution in [2.75, 3.05) is 11.9 Å². The Morgan fingerprint density at radius 2 is 1.85 bits per heavy atom. The molecule has 0 radical (unpaired) electrons. The number of rotatable bonds is 4. The van der Waals surface area contributed by atoms with Crippen LogP contribution in [-0.4, -0.2) is 27.6 Å². The molecule has 26 heavy (non-hydrogen) atoms. The topological polar surface area (TPSA) is 49.4 Å². The van der Waals surface area contributed by atoms with Gasteiger partial charge in [0.1, 0.15) is 4.32 Å². The highest BCUT2D eigenvalue weighted by Gasteiger charge is 2.30. The number of nitrogens with zero attached hydrogens (tertiary/aromatic N) is 1. The molecule has 0 spiro atoms. The van der Waals surface area contributed by atoms with Crippen molar-refractivity contribution in [2.24, 2.45) is 0 Å². The first-order chi connectivity index (χ1) is 12.5. The zero-order valence-electron chi connectivity index (χ0n) is 13.9. The van der Waals surface area contributed by atoms with Crippen molar-refractivity contribution in [1.82, 2.24) is 4.90 Å². The van der Waals surface area contributed by atoms with Gasteiger partial charge in [-0.25, -0.2) is 0 Å². The molecule has 2 aromatic carbocycles. The first-order valence-corrected chi connectivity index (χ1v) is 10.2. The third-order valence-electron chi connectivity index (χ3n) is 3.76. The quantitative estimate of drug-likeness (QED) is 0.378. The summed E-state index contributed by atoms with van der Waals surface area (Å²) in [6.45, 7) is 2.48. The second-order valence-corrected chi connectivity index (χ2v) is 8.43. The number of halogens is 1. The minimum absolute atomic E-state index is 0.0569. The van der Waals surface area contributed by atoms with Gasteiger partial charge >= 0.3 is 0 Å². The highest BCUT2D eigenvalue weighted by Crippen LogP contribution is 2.32. The number of thioether (sulfide) groups is 1. The molecule has 1 aliphatic heterocycles. The minimum Gasteiger partial charge on any atom is -0.322 e. The normalized spacial score (nSPS) is 15.6. The molecular formula is C19H15IN2O2S2. The molecule has 1 fully saturated rings. The van der Waals surface area contributed by atoms with E-state index in [9.17, 15) is 9.59 Å². The standard InChI is InChI=1S/C19H15IN2O2S2/c1-2-22-18(24)16(26-19(22)25)11-12-3-9-15(10-4-12)21-17(23)13-5-7-14(20)8-6-13/h3-11H,2H2,1H3,(H,21,23). The average molecular weight is 494 g/mol. The maximum absolute atomic E-state index is 12.2. The zero-order valence-corrected chi connectivity index (χ0v) is 17.7. The Morgan fingerprint density at radius 3 is 2.42 bits per heavy atom. The van der Waals surface area contributed by atoms with Crippen molar-refractivity contribution >= 4 is 74.5 Å². The Morgan fingerprint density at radius 1 is 1.19 bits per heavy atom. The summed E-state index contributed by atoms with van der Waals surface area (Å²) >= 11 is 8.72.